The Morgan fingerprint density at radius 2 is 2.18 bits per heavy atom. The maximum Gasteiger partial charge on any atom is 0.235 e. The van der Waals surface area contributed by atoms with Crippen molar-refractivity contribution in [3.63, 3.8) is 0 Å². The molecule has 2 rings (SSSR count). The molecule has 0 atom stereocenters. The molecule has 92 valence electrons. The van der Waals surface area contributed by atoms with Gasteiger partial charge in [-0.1, -0.05) is 26.2 Å². The second kappa shape index (κ2) is 5.19. The molecule has 6 nitrogen and oxygen atoms in total. The lowest BCUT2D eigenvalue weighted by Gasteiger charge is -2.28. The zero-order valence-electron chi connectivity index (χ0n) is 10.1. The first-order valence-electron chi connectivity index (χ1n) is 6.18. The molecule has 0 aromatic carbocycles. The van der Waals surface area contributed by atoms with Gasteiger partial charge in [-0.05, 0) is 24.5 Å². The van der Waals surface area contributed by atoms with E-state index in [1.54, 1.807) is 10.9 Å². The molecule has 0 N–H and O–H groups in total. The van der Waals surface area contributed by atoms with E-state index >= 15 is 0 Å². The van der Waals surface area contributed by atoms with Gasteiger partial charge in [-0.2, -0.15) is 9.79 Å². The molecule has 1 fully saturated rings. The van der Waals surface area contributed by atoms with Crippen molar-refractivity contribution in [1.82, 2.24) is 20.2 Å². The van der Waals surface area contributed by atoms with Crippen molar-refractivity contribution >= 4 is 6.08 Å². The maximum atomic E-state index is 10.6. The van der Waals surface area contributed by atoms with Gasteiger partial charge in [0.25, 0.3) is 0 Å². The summed E-state index contributed by atoms with van der Waals surface area (Å²) in [5.74, 6) is 0.578. The lowest BCUT2D eigenvalue weighted by atomic mass is 9.82. The van der Waals surface area contributed by atoms with E-state index in [1.807, 2.05) is 0 Å². The van der Waals surface area contributed by atoms with Gasteiger partial charge in [-0.25, -0.2) is 4.79 Å². The maximum absolute atomic E-state index is 10.6. The minimum Gasteiger partial charge on any atom is -0.211 e. The van der Waals surface area contributed by atoms with Gasteiger partial charge in [-0.3, -0.25) is 0 Å². The number of isocyanates is 1. The molecule has 17 heavy (non-hydrogen) atoms. The van der Waals surface area contributed by atoms with Crippen LogP contribution in [0.3, 0.4) is 0 Å². The van der Waals surface area contributed by atoms with Gasteiger partial charge in [0.15, 0.2) is 0 Å². The normalized spacial score (nSPS) is 18.6. The van der Waals surface area contributed by atoms with Crippen molar-refractivity contribution in [3.05, 3.63) is 5.82 Å². The van der Waals surface area contributed by atoms with E-state index in [9.17, 15) is 4.79 Å². The number of hydrogen-bond donors (Lipinski definition) is 0. The SMILES string of the molecule is CCCn1nnc(C2(N=C=O)CCCCC2)n1. The van der Waals surface area contributed by atoms with Gasteiger partial charge >= 0.3 is 0 Å². The molecule has 0 aliphatic heterocycles. The first kappa shape index (κ1) is 11.9. The highest BCUT2D eigenvalue weighted by Gasteiger charge is 2.38. The minimum absolute atomic E-state index is 0.564. The topological polar surface area (TPSA) is 73.0 Å². The average Bonchev–Trinajstić information content (AvgIpc) is 2.80. The molecule has 0 saturated heterocycles. The standard InChI is InChI=1S/C11H17N5O/c1-2-8-16-14-10(13-15-16)11(12-9-17)6-4-3-5-7-11/h2-8H2,1H3. The Kier molecular flexibility index (Phi) is 3.64. The molecule has 1 heterocycles. The van der Waals surface area contributed by atoms with Crippen LogP contribution in [0.25, 0.3) is 0 Å². The monoisotopic (exact) mass is 235 g/mol. The minimum atomic E-state index is -0.564. The summed E-state index contributed by atoms with van der Waals surface area (Å²) in [6.07, 6.45) is 7.55. The lowest BCUT2D eigenvalue weighted by molar-refractivity contribution is 0.287. The second-order valence-corrected chi connectivity index (χ2v) is 4.50. The van der Waals surface area contributed by atoms with E-state index in [2.05, 4.69) is 27.3 Å². The number of tetrazole rings is 1. The summed E-state index contributed by atoms with van der Waals surface area (Å²) in [4.78, 5) is 16.2. The smallest absolute Gasteiger partial charge is 0.211 e. The summed E-state index contributed by atoms with van der Waals surface area (Å²) >= 11 is 0. The molecule has 0 unspecified atom stereocenters. The largest absolute Gasteiger partial charge is 0.235 e. The molecule has 0 amide bonds. The Balaban J connectivity index is 2.27. The second-order valence-electron chi connectivity index (χ2n) is 4.50. The van der Waals surface area contributed by atoms with Crippen LogP contribution in [0.4, 0.5) is 0 Å². The van der Waals surface area contributed by atoms with E-state index in [0.717, 1.165) is 38.6 Å². The molecule has 6 heteroatoms. The lowest BCUT2D eigenvalue weighted by Crippen LogP contribution is -2.28. The fraction of sp³-hybridized carbons (Fsp3) is 0.818. The van der Waals surface area contributed by atoms with Gasteiger partial charge in [0.05, 0.1) is 6.54 Å². The van der Waals surface area contributed by atoms with Gasteiger partial charge in [-0.15, -0.1) is 10.2 Å². The molecule has 0 spiro atoms. The van der Waals surface area contributed by atoms with Crippen molar-refractivity contribution in [2.75, 3.05) is 0 Å². The molecule has 0 radical (unpaired) electrons. The summed E-state index contributed by atoms with van der Waals surface area (Å²) in [6, 6.07) is 0. The number of hydrogen-bond acceptors (Lipinski definition) is 5. The number of aromatic nitrogens is 4. The Hall–Kier alpha value is -1.55. The number of aryl methyl sites for hydroxylation is 1. The van der Waals surface area contributed by atoms with Crippen molar-refractivity contribution in [1.29, 1.82) is 0 Å². The Labute approximate surface area is 100 Å². The zero-order chi connectivity index (χ0) is 12.1. The van der Waals surface area contributed by atoms with Crippen LogP contribution in [-0.2, 0) is 16.9 Å². The summed E-state index contributed by atoms with van der Waals surface area (Å²) in [5.41, 5.74) is -0.564. The predicted octanol–water partition coefficient (Wildman–Crippen LogP) is 1.58. The Bertz CT molecular complexity index is 415. The third-order valence-electron chi connectivity index (χ3n) is 3.23. The predicted molar refractivity (Wildman–Crippen MR) is 61.0 cm³/mol. The molecule has 1 saturated carbocycles. The van der Waals surface area contributed by atoms with Crippen molar-refractivity contribution in [2.45, 2.75) is 57.5 Å². The fourth-order valence-electron chi connectivity index (χ4n) is 2.33. The molecule has 1 aliphatic rings. The molecule has 0 bridgehead atoms. The quantitative estimate of drug-likeness (QED) is 0.586. The molecular formula is C11H17N5O. The highest BCUT2D eigenvalue weighted by atomic mass is 16.1. The van der Waals surface area contributed by atoms with Crippen LogP contribution in [0.15, 0.2) is 4.99 Å². The highest BCUT2D eigenvalue weighted by Crippen LogP contribution is 2.38. The molecule has 1 aromatic heterocycles. The third kappa shape index (κ3) is 2.42. The van der Waals surface area contributed by atoms with Gasteiger partial charge < -0.3 is 0 Å². The number of carbonyl (C=O) groups excluding carboxylic acids is 1. The van der Waals surface area contributed by atoms with Crippen LogP contribution >= 0.6 is 0 Å². The van der Waals surface area contributed by atoms with Crippen molar-refractivity contribution in [3.8, 4) is 0 Å². The first-order valence-corrected chi connectivity index (χ1v) is 6.18. The number of aliphatic imine (C=N–C) groups is 1. The Morgan fingerprint density at radius 1 is 1.41 bits per heavy atom. The average molecular weight is 235 g/mol. The van der Waals surface area contributed by atoms with Crippen LogP contribution < -0.4 is 0 Å². The highest BCUT2D eigenvalue weighted by molar-refractivity contribution is 5.36. The van der Waals surface area contributed by atoms with Gasteiger partial charge in [0.2, 0.25) is 11.9 Å². The summed E-state index contributed by atoms with van der Waals surface area (Å²) < 4.78 is 0. The molecule has 1 aliphatic carbocycles. The van der Waals surface area contributed by atoms with Crippen LogP contribution in [0.2, 0.25) is 0 Å². The van der Waals surface area contributed by atoms with Gasteiger partial charge in [0, 0.05) is 0 Å². The van der Waals surface area contributed by atoms with Crippen molar-refractivity contribution in [2.24, 2.45) is 4.99 Å². The van der Waals surface area contributed by atoms with Gasteiger partial charge in [0.1, 0.15) is 5.54 Å². The van der Waals surface area contributed by atoms with Crippen LogP contribution in [0.1, 0.15) is 51.3 Å². The summed E-state index contributed by atoms with van der Waals surface area (Å²) in [6.45, 7) is 2.80. The van der Waals surface area contributed by atoms with E-state index < -0.39 is 5.54 Å². The molecular weight excluding hydrogens is 218 g/mol. The summed E-state index contributed by atoms with van der Waals surface area (Å²) in [7, 11) is 0. The van der Waals surface area contributed by atoms with E-state index in [0.29, 0.717) is 5.82 Å². The third-order valence-corrected chi connectivity index (χ3v) is 3.23. The van der Waals surface area contributed by atoms with E-state index in [1.165, 1.54) is 6.42 Å². The van der Waals surface area contributed by atoms with E-state index in [-0.39, 0.29) is 0 Å². The Morgan fingerprint density at radius 3 is 2.82 bits per heavy atom. The van der Waals surface area contributed by atoms with Crippen LogP contribution in [0.5, 0.6) is 0 Å². The number of nitrogens with zero attached hydrogens (tertiary/aromatic N) is 5. The summed E-state index contributed by atoms with van der Waals surface area (Å²) in [5, 5.41) is 12.4. The van der Waals surface area contributed by atoms with Crippen molar-refractivity contribution < 1.29 is 4.79 Å². The van der Waals surface area contributed by atoms with Crippen LogP contribution in [0, 0.1) is 0 Å². The zero-order valence-corrected chi connectivity index (χ0v) is 10.1. The first-order chi connectivity index (χ1) is 8.30. The van der Waals surface area contributed by atoms with Crippen LogP contribution in [-0.4, -0.2) is 26.3 Å². The van der Waals surface area contributed by atoms with E-state index in [4.69, 9.17) is 0 Å². The molecule has 1 aromatic rings. The number of rotatable bonds is 4. The fourth-order valence-corrected chi connectivity index (χ4v) is 2.33.